The molecule has 7 heteroatoms. The van der Waals surface area contributed by atoms with Crippen LogP contribution in [0.4, 0.5) is 5.82 Å². The molecule has 1 atom stereocenters. The lowest BCUT2D eigenvalue weighted by molar-refractivity contribution is 0.0953. The molecule has 0 saturated carbocycles. The second-order valence-electron chi connectivity index (χ2n) is 4.37. The number of hydrogen-bond acceptors (Lipinski definition) is 4. The van der Waals surface area contributed by atoms with Crippen molar-refractivity contribution in [3.05, 3.63) is 22.8 Å². The topological polar surface area (TPSA) is 71.1 Å². The first kappa shape index (κ1) is 16.9. The fraction of sp³-hybridized carbons (Fsp3) is 0.538. The third-order valence-corrected chi connectivity index (χ3v) is 3.69. The van der Waals surface area contributed by atoms with Gasteiger partial charge in [0.2, 0.25) is 0 Å². The van der Waals surface area contributed by atoms with Gasteiger partial charge in [-0.05, 0) is 18.9 Å². The van der Waals surface area contributed by atoms with E-state index in [0.717, 1.165) is 13.0 Å². The number of nitrogens with zero attached hydrogens (tertiary/aromatic N) is 1. The fourth-order valence-corrected chi connectivity index (χ4v) is 2.30. The van der Waals surface area contributed by atoms with Crippen LogP contribution in [-0.4, -0.2) is 40.2 Å². The Bertz CT molecular complexity index is 483. The Morgan fingerprint density at radius 2 is 2.20 bits per heavy atom. The van der Waals surface area contributed by atoms with Crippen molar-refractivity contribution < 1.29 is 9.00 Å². The van der Waals surface area contributed by atoms with Crippen LogP contribution >= 0.6 is 11.6 Å². The van der Waals surface area contributed by atoms with Crippen molar-refractivity contribution in [3.8, 4) is 0 Å². The van der Waals surface area contributed by atoms with Crippen LogP contribution in [0.25, 0.3) is 0 Å². The molecule has 2 N–H and O–H groups in total. The van der Waals surface area contributed by atoms with E-state index in [1.54, 1.807) is 12.3 Å². The number of carbonyl (C=O) groups is 1. The van der Waals surface area contributed by atoms with E-state index in [9.17, 15) is 9.00 Å². The molecule has 1 heterocycles. The van der Waals surface area contributed by atoms with Crippen LogP contribution in [-0.2, 0) is 10.8 Å². The minimum Gasteiger partial charge on any atom is -0.369 e. The zero-order valence-corrected chi connectivity index (χ0v) is 13.3. The molecule has 1 rings (SSSR count). The molecule has 0 spiro atoms. The van der Waals surface area contributed by atoms with Crippen LogP contribution in [0.15, 0.2) is 12.3 Å². The highest BCUT2D eigenvalue weighted by Gasteiger charge is 2.09. The van der Waals surface area contributed by atoms with Crippen molar-refractivity contribution in [3.63, 3.8) is 0 Å². The SMILES string of the molecule is CCCNc1ncc(C(=O)NCCCS(C)=O)cc1Cl. The molecule has 0 saturated heterocycles. The number of aromatic nitrogens is 1. The first-order valence-electron chi connectivity index (χ1n) is 6.52. The van der Waals surface area contributed by atoms with Gasteiger partial charge in [-0.15, -0.1) is 0 Å². The Balaban J connectivity index is 2.52. The number of halogens is 1. The minimum atomic E-state index is -0.828. The van der Waals surface area contributed by atoms with Gasteiger partial charge in [-0.2, -0.15) is 0 Å². The maximum Gasteiger partial charge on any atom is 0.252 e. The highest BCUT2D eigenvalue weighted by molar-refractivity contribution is 7.84. The van der Waals surface area contributed by atoms with Gasteiger partial charge in [-0.3, -0.25) is 9.00 Å². The van der Waals surface area contributed by atoms with Crippen molar-refractivity contribution in [1.29, 1.82) is 0 Å². The maximum atomic E-state index is 11.9. The molecule has 1 aromatic rings. The van der Waals surface area contributed by atoms with Crippen molar-refractivity contribution >= 4 is 34.1 Å². The number of carbonyl (C=O) groups excluding carboxylic acids is 1. The Morgan fingerprint density at radius 1 is 1.45 bits per heavy atom. The molecular formula is C13H20ClN3O2S. The van der Waals surface area contributed by atoms with E-state index < -0.39 is 10.8 Å². The summed E-state index contributed by atoms with van der Waals surface area (Å²) in [7, 11) is -0.828. The summed E-state index contributed by atoms with van der Waals surface area (Å²) in [4.78, 5) is 16.0. The minimum absolute atomic E-state index is 0.219. The summed E-state index contributed by atoms with van der Waals surface area (Å²) in [5, 5.41) is 6.27. The summed E-state index contributed by atoms with van der Waals surface area (Å²) < 4.78 is 10.9. The maximum absolute atomic E-state index is 11.9. The molecule has 20 heavy (non-hydrogen) atoms. The molecule has 0 aliphatic rings. The molecule has 0 fully saturated rings. The van der Waals surface area contributed by atoms with Crippen LogP contribution in [0, 0.1) is 0 Å². The molecule has 1 amide bonds. The lowest BCUT2D eigenvalue weighted by Crippen LogP contribution is -2.25. The summed E-state index contributed by atoms with van der Waals surface area (Å²) in [6, 6.07) is 1.60. The molecule has 5 nitrogen and oxygen atoms in total. The normalized spacial score (nSPS) is 11.9. The van der Waals surface area contributed by atoms with Crippen LogP contribution in [0.3, 0.4) is 0 Å². The Kier molecular flexibility index (Phi) is 7.54. The van der Waals surface area contributed by atoms with Gasteiger partial charge in [0.05, 0.1) is 10.6 Å². The first-order valence-corrected chi connectivity index (χ1v) is 8.62. The molecule has 0 aliphatic heterocycles. The number of amides is 1. The number of nitrogens with one attached hydrogen (secondary N) is 2. The van der Waals surface area contributed by atoms with Crippen LogP contribution < -0.4 is 10.6 Å². The Labute approximate surface area is 127 Å². The molecule has 0 bridgehead atoms. The summed E-state index contributed by atoms with van der Waals surface area (Å²) >= 11 is 6.07. The molecule has 112 valence electrons. The van der Waals surface area contributed by atoms with Crippen LogP contribution in [0.1, 0.15) is 30.1 Å². The van der Waals surface area contributed by atoms with Crippen LogP contribution in [0.2, 0.25) is 5.02 Å². The van der Waals surface area contributed by atoms with Gasteiger partial charge in [0.15, 0.2) is 0 Å². The van der Waals surface area contributed by atoms with Crippen LogP contribution in [0.5, 0.6) is 0 Å². The van der Waals surface area contributed by atoms with Gasteiger partial charge in [-0.1, -0.05) is 18.5 Å². The van der Waals surface area contributed by atoms with Gasteiger partial charge >= 0.3 is 0 Å². The van der Waals surface area contributed by atoms with Gasteiger partial charge < -0.3 is 10.6 Å². The summed E-state index contributed by atoms with van der Waals surface area (Å²) in [6.45, 7) is 3.32. The third-order valence-electron chi connectivity index (χ3n) is 2.54. The molecule has 1 aromatic heterocycles. The van der Waals surface area contributed by atoms with E-state index in [2.05, 4.69) is 15.6 Å². The number of hydrogen-bond donors (Lipinski definition) is 2. The second kappa shape index (κ2) is 8.92. The lowest BCUT2D eigenvalue weighted by Gasteiger charge is -2.08. The van der Waals surface area contributed by atoms with E-state index in [4.69, 9.17) is 11.6 Å². The molecular weight excluding hydrogens is 298 g/mol. The van der Waals surface area contributed by atoms with Gasteiger partial charge in [0.25, 0.3) is 5.91 Å². The Hall–Kier alpha value is -1.14. The standard InChI is InChI=1S/C13H20ClN3O2S/c1-3-5-15-12-11(14)8-10(9-17-12)13(18)16-6-4-7-20(2)19/h8-9H,3-7H2,1-2H3,(H,15,17)(H,16,18). The zero-order chi connectivity index (χ0) is 15.0. The number of rotatable bonds is 8. The summed E-state index contributed by atoms with van der Waals surface area (Å²) in [5.41, 5.74) is 0.426. The third kappa shape index (κ3) is 5.88. The first-order chi connectivity index (χ1) is 9.54. The highest BCUT2D eigenvalue weighted by Crippen LogP contribution is 2.19. The van der Waals surface area contributed by atoms with Gasteiger partial charge in [0.1, 0.15) is 5.82 Å². The van der Waals surface area contributed by atoms with Crippen molar-refractivity contribution in [2.24, 2.45) is 0 Å². The molecule has 0 aliphatic carbocycles. The average Bonchev–Trinajstić information content (AvgIpc) is 2.41. The van der Waals surface area contributed by atoms with E-state index in [1.807, 2.05) is 6.92 Å². The monoisotopic (exact) mass is 317 g/mol. The summed E-state index contributed by atoms with van der Waals surface area (Å²) in [5.74, 6) is 0.953. The quantitative estimate of drug-likeness (QED) is 0.720. The largest absolute Gasteiger partial charge is 0.369 e. The second-order valence-corrected chi connectivity index (χ2v) is 6.33. The number of pyridine rings is 1. The molecule has 1 unspecified atom stereocenters. The van der Waals surface area contributed by atoms with E-state index in [-0.39, 0.29) is 5.91 Å². The lowest BCUT2D eigenvalue weighted by atomic mass is 10.2. The predicted octanol–water partition coefficient (Wildman–Crippen LogP) is 2.06. The Morgan fingerprint density at radius 3 is 2.80 bits per heavy atom. The molecule has 0 radical (unpaired) electrons. The zero-order valence-electron chi connectivity index (χ0n) is 11.7. The summed E-state index contributed by atoms with van der Waals surface area (Å²) in [6.07, 6.45) is 4.80. The van der Waals surface area contributed by atoms with E-state index in [0.29, 0.717) is 35.1 Å². The van der Waals surface area contributed by atoms with Gasteiger partial charge in [-0.25, -0.2) is 4.98 Å². The van der Waals surface area contributed by atoms with Crippen molar-refractivity contribution in [2.75, 3.05) is 30.4 Å². The van der Waals surface area contributed by atoms with Crippen molar-refractivity contribution in [1.82, 2.24) is 10.3 Å². The highest BCUT2D eigenvalue weighted by atomic mass is 35.5. The number of anilines is 1. The van der Waals surface area contributed by atoms with E-state index in [1.165, 1.54) is 6.20 Å². The smallest absolute Gasteiger partial charge is 0.252 e. The van der Waals surface area contributed by atoms with E-state index >= 15 is 0 Å². The fourth-order valence-electron chi connectivity index (χ4n) is 1.51. The molecule has 0 aromatic carbocycles. The van der Waals surface area contributed by atoms with Gasteiger partial charge in [0, 0.05) is 42.1 Å². The average molecular weight is 318 g/mol. The van der Waals surface area contributed by atoms with Crippen molar-refractivity contribution in [2.45, 2.75) is 19.8 Å². The predicted molar refractivity (Wildman–Crippen MR) is 83.9 cm³/mol.